The molecule has 0 aliphatic carbocycles. The van der Waals surface area contributed by atoms with Gasteiger partial charge in [0.25, 0.3) is 0 Å². The molecular weight excluding hydrogens is 432 g/mol. The molecule has 1 aromatic rings. The molecule has 0 saturated carbocycles. The zero-order valence-corrected chi connectivity index (χ0v) is 20.2. The summed E-state index contributed by atoms with van der Waals surface area (Å²) in [4.78, 5) is 31.2. The summed E-state index contributed by atoms with van der Waals surface area (Å²) in [5.41, 5.74) is 6.08. The van der Waals surface area contributed by atoms with Crippen LogP contribution >= 0.6 is 0 Å². The number of guanidine groups is 1. The van der Waals surface area contributed by atoms with E-state index in [0.717, 1.165) is 57.5 Å². The van der Waals surface area contributed by atoms with Crippen molar-refractivity contribution in [3.8, 4) is 24.8 Å². The van der Waals surface area contributed by atoms with E-state index in [1.807, 2.05) is 18.7 Å². The Bertz CT molecular complexity index is 852. The van der Waals surface area contributed by atoms with E-state index in [-0.39, 0.29) is 23.9 Å². The fraction of sp³-hybridized carbons (Fsp3) is 0.520. The van der Waals surface area contributed by atoms with Crippen molar-refractivity contribution in [2.45, 2.75) is 58.5 Å². The number of nitrogens with zero attached hydrogens (tertiary/aromatic N) is 4. The van der Waals surface area contributed by atoms with Gasteiger partial charge in [0.1, 0.15) is 5.75 Å². The number of nitrogens with two attached hydrogens (primary N) is 1. The molecule has 0 atom stereocenters. The molecule has 9 nitrogen and oxygen atoms in total. The van der Waals surface area contributed by atoms with Crippen molar-refractivity contribution in [2.24, 2.45) is 10.7 Å². The first-order valence-corrected chi connectivity index (χ1v) is 11.5. The van der Waals surface area contributed by atoms with E-state index >= 15 is 0 Å². The molecule has 1 aromatic carbocycles. The summed E-state index contributed by atoms with van der Waals surface area (Å²) >= 11 is 0. The first kappa shape index (κ1) is 28.3. The Morgan fingerprint density at radius 3 is 2.35 bits per heavy atom. The third-order valence-electron chi connectivity index (χ3n) is 5.10. The Labute approximate surface area is 202 Å². The van der Waals surface area contributed by atoms with Crippen molar-refractivity contribution in [1.82, 2.24) is 15.1 Å². The minimum absolute atomic E-state index is 0.0695. The molecule has 2 fully saturated rings. The van der Waals surface area contributed by atoms with Gasteiger partial charge in [0, 0.05) is 26.1 Å². The molecule has 9 heteroatoms. The van der Waals surface area contributed by atoms with Crippen LogP contribution in [0.5, 0.6) is 5.75 Å². The minimum Gasteiger partial charge on any atom is -0.491 e. The van der Waals surface area contributed by atoms with E-state index in [2.05, 4.69) is 23.2 Å². The van der Waals surface area contributed by atoms with Crippen LogP contribution in [0, 0.1) is 24.3 Å². The molecule has 0 spiro atoms. The third-order valence-corrected chi connectivity index (χ3v) is 5.10. The molecule has 34 heavy (non-hydrogen) atoms. The molecule has 2 amide bonds. The number of amides is 2. The van der Waals surface area contributed by atoms with Gasteiger partial charge in [-0.15, -0.1) is 12.8 Å². The molecule has 3 rings (SSSR count). The summed E-state index contributed by atoms with van der Waals surface area (Å²) in [5.74, 6) is 1.14. The molecule has 0 radical (unpaired) electrons. The van der Waals surface area contributed by atoms with Gasteiger partial charge < -0.3 is 20.3 Å². The van der Waals surface area contributed by atoms with Crippen molar-refractivity contribution in [3.63, 3.8) is 0 Å². The molecule has 2 saturated heterocycles. The van der Waals surface area contributed by atoms with Crippen molar-refractivity contribution < 1.29 is 14.3 Å². The van der Waals surface area contributed by atoms with Crippen LogP contribution in [0.1, 0.15) is 52.4 Å². The van der Waals surface area contributed by atoms with Gasteiger partial charge in [-0.1, -0.05) is 6.42 Å². The molecule has 0 unspecified atom stereocenters. The zero-order chi connectivity index (χ0) is 25.3. The van der Waals surface area contributed by atoms with Gasteiger partial charge in [-0.05, 0) is 63.8 Å². The molecule has 184 valence electrons. The standard InChI is InChI=1S/C12H20N2O2.C11H14N4O.C2H2/c15-11-6-2-1-3-9-14(11)10-12(16)13-7-4-5-8-13;1-8(2)16-10-5-3-9(4-6-10)15-11(13)14-7-12;1-2/h1-10H2;3-6,8H,1-2H3,(H3,13,14,15);1-2H. The maximum absolute atomic E-state index is 11.9. The minimum atomic E-state index is 0.0695. The third kappa shape index (κ3) is 10.7. The molecule has 3 N–H and O–H groups in total. The number of hydrogen-bond donors (Lipinski definition) is 2. The van der Waals surface area contributed by atoms with E-state index in [9.17, 15) is 9.59 Å². The van der Waals surface area contributed by atoms with Crippen LogP contribution in [0.2, 0.25) is 0 Å². The van der Waals surface area contributed by atoms with Gasteiger partial charge in [0.15, 0.2) is 6.19 Å². The predicted octanol–water partition coefficient (Wildman–Crippen LogP) is 2.75. The number of ether oxygens (including phenoxy) is 1. The van der Waals surface area contributed by atoms with Crippen LogP contribution in [-0.4, -0.2) is 59.9 Å². The maximum Gasteiger partial charge on any atom is 0.242 e. The monoisotopic (exact) mass is 468 g/mol. The first-order valence-electron chi connectivity index (χ1n) is 11.5. The second-order valence-electron chi connectivity index (χ2n) is 8.11. The molecule has 2 heterocycles. The van der Waals surface area contributed by atoms with Gasteiger partial charge in [0.05, 0.1) is 18.3 Å². The van der Waals surface area contributed by atoms with Crippen LogP contribution < -0.4 is 15.8 Å². The highest BCUT2D eigenvalue weighted by Gasteiger charge is 2.23. The summed E-state index contributed by atoms with van der Waals surface area (Å²) in [7, 11) is 0. The van der Waals surface area contributed by atoms with Gasteiger partial charge in [-0.3, -0.25) is 14.9 Å². The van der Waals surface area contributed by atoms with E-state index in [1.54, 1.807) is 35.4 Å². The summed E-state index contributed by atoms with van der Waals surface area (Å²) in [5, 5.41) is 10.6. The number of nitriles is 1. The Morgan fingerprint density at radius 1 is 1.15 bits per heavy atom. The molecule has 2 aliphatic rings. The number of carbonyl (C=O) groups is 2. The number of nitrogens with one attached hydrogen (secondary N) is 1. The Balaban J connectivity index is 0.000000317. The lowest BCUT2D eigenvalue weighted by atomic mass is 10.2. The summed E-state index contributed by atoms with van der Waals surface area (Å²) in [6.45, 7) is 6.74. The van der Waals surface area contributed by atoms with E-state index in [4.69, 9.17) is 15.7 Å². The topological polar surface area (TPSA) is 124 Å². The highest BCUT2D eigenvalue weighted by atomic mass is 16.5. The number of likely N-dealkylation sites (tertiary alicyclic amines) is 2. The maximum atomic E-state index is 11.9. The smallest absolute Gasteiger partial charge is 0.242 e. The van der Waals surface area contributed by atoms with Crippen molar-refractivity contribution in [1.29, 1.82) is 5.26 Å². The lowest BCUT2D eigenvalue weighted by molar-refractivity contribution is -0.139. The number of carbonyl (C=O) groups excluding carboxylic acids is 2. The van der Waals surface area contributed by atoms with Crippen LogP contribution in [0.25, 0.3) is 0 Å². The zero-order valence-electron chi connectivity index (χ0n) is 20.2. The summed E-state index contributed by atoms with van der Waals surface area (Å²) in [6, 6.07) is 7.14. The Morgan fingerprint density at radius 2 is 1.76 bits per heavy atom. The first-order chi connectivity index (χ1) is 16.4. The Kier molecular flexibility index (Phi) is 13.3. The molecule has 0 aromatic heterocycles. The van der Waals surface area contributed by atoms with Crippen molar-refractivity contribution in [2.75, 3.05) is 26.2 Å². The van der Waals surface area contributed by atoms with E-state index < -0.39 is 0 Å². The van der Waals surface area contributed by atoms with Gasteiger partial charge >= 0.3 is 0 Å². The number of benzene rings is 1. The van der Waals surface area contributed by atoms with Crippen LogP contribution in [0.3, 0.4) is 0 Å². The fourth-order valence-corrected chi connectivity index (χ4v) is 3.53. The molecule has 0 bridgehead atoms. The lowest BCUT2D eigenvalue weighted by Crippen LogP contribution is -2.41. The number of terminal acetylenes is 1. The van der Waals surface area contributed by atoms with Gasteiger partial charge in [-0.2, -0.15) is 5.26 Å². The van der Waals surface area contributed by atoms with Crippen LogP contribution in [0.15, 0.2) is 29.3 Å². The molecular formula is C25H36N6O3. The fourth-order valence-electron chi connectivity index (χ4n) is 3.53. The largest absolute Gasteiger partial charge is 0.491 e. The van der Waals surface area contributed by atoms with Crippen LogP contribution in [0.4, 0.5) is 5.69 Å². The molecule has 2 aliphatic heterocycles. The second kappa shape index (κ2) is 16.0. The van der Waals surface area contributed by atoms with Crippen molar-refractivity contribution >= 4 is 23.5 Å². The number of aliphatic imine (C=N–C) groups is 1. The quantitative estimate of drug-likeness (QED) is 0.225. The summed E-state index contributed by atoms with van der Waals surface area (Å²) < 4.78 is 5.47. The SMILES string of the molecule is C#C.CC(C)Oc1ccc(N=C(N)NC#N)cc1.O=C(CN1CCCCCC1=O)N1CCCC1. The van der Waals surface area contributed by atoms with Gasteiger partial charge in [-0.25, -0.2) is 4.99 Å². The van der Waals surface area contributed by atoms with Crippen LogP contribution in [-0.2, 0) is 9.59 Å². The number of hydrogen-bond acceptors (Lipinski definition) is 5. The Hall–Kier alpha value is -3.72. The average Bonchev–Trinajstić information content (AvgIpc) is 3.29. The highest BCUT2D eigenvalue weighted by molar-refractivity contribution is 5.85. The predicted molar refractivity (Wildman–Crippen MR) is 133 cm³/mol. The average molecular weight is 469 g/mol. The summed E-state index contributed by atoms with van der Waals surface area (Å²) in [6.07, 6.45) is 15.8. The van der Waals surface area contributed by atoms with E-state index in [0.29, 0.717) is 18.7 Å². The van der Waals surface area contributed by atoms with Crippen molar-refractivity contribution in [3.05, 3.63) is 24.3 Å². The van der Waals surface area contributed by atoms with Gasteiger partial charge in [0.2, 0.25) is 17.8 Å². The normalized spacial score (nSPS) is 15.8. The van der Waals surface area contributed by atoms with E-state index in [1.165, 1.54) is 0 Å². The highest BCUT2D eigenvalue weighted by Crippen LogP contribution is 2.18. The lowest BCUT2D eigenvalue weighted by Gasteiger charge is -2.23. The number of rotatable bonds is 5. The second-order valence-corrected chi connectivity index (χ2v) is 8.11.